The van der Waals surface area contributed by atoms with E-state index in [0.717, 1.165) is 30.5 Å². The van der Waals surface area contributed by atoms with Crippen LogP contribution in [-0.4, -0.2) is 18.1 Å². The number of aromatic nitrogens is 1. The van der Waals surface area contributed by atoms with Gasteiger partial charge in [0.1, 0.15) is 5.82 Å². The number of benzene rings is 1. The van der Waals surface area contributed by atoms with Crippen molar-refractivity contribution < 1.29 is 9.13 Å². The van der Waals surface area contributed by atoms with Crippen molar-refractivity contribution in [1.29, 1.82) is 0 Å². The van der Waals surface area contributed by atoms with Crippen LogP contribution in [0, 0.1) is 5.82 Å². The third kappa shape index (κ3) is 3.05. The van der Waals surface area contributed by atoms with Crippen molar-refractivity contribution in [1.82, 2.24) is 10.3 Å². The highest BCUT2D eigenvalue weighted by molar-refractivity contribution is 5.27. The van der Waals surface area contributed by atoms with Gasteiger partial charge in [-0.2, -0.15) is 0 Å². The van der Waals surface area contributed by atoms with E-state index in [9.17, 15) is 4.39 Å². The SMILES string of the molecule is COc1ncccc1CNC1CC(c2ccccc2F)C1. The van der Waals surface area contributed by atoms with Crippen LogP contribution in [-0.2, 0) is 6.54 Å². The van der Waals surface area contributed by atoms with Crippen molar-refractivity contribution in [3.63, 3.8) is 0 Å². The van der Waals surface area contributed by atoms with Crippen LogP contribution in [0.15, 0.2) is 42.6 Å². The summed E-state index contributed by atoms with van der Waals surface area (Å²) in [4.78, 5) is 4.18. The van der Waals surface area contributed by atoms with Crippen LogP contribution < -0.4 is 10.1 Å². The summed E-state index contributed by atoms with van der Waals surface area (Å²) in [5.74, 6) is 0.907. The van der Waals surface area contributed by atoms with E-state index in [4.69, 9.17) is 4.74 Å². The number of pyridine rings is 1. The average Bonchev–Trinajstić information content (AvgIpc) is 2.47. The highest BCUT2D eigenvalue weighted by Crippen LogP contribution is 2.38. The summed E-state index contributed by atoms with van der Waals surface area (Å²) in [5.41, 5.74) is 1.89. The molecule has 1 heterocycles. The summed E-state index contributed by atoms with van der Waals surface area (Å²) in [6.45, 7) is 0.728. The molecule has 0 saturated heterocycles. The van der Waals surface area contributed by atoms with Crippen LogP contribution in [0.2, 0.25) is 0 Å². The Kier molecular flexibility index (Phi) is 4.15. The fourth-order valence-corrected chi connectivity index (χ4v) is 2.84. The molecular weight excluding hydrogens is 267 g/mol. The molecule has 110 valence electrons. The molecule has 2 aromatic rings. The van der Waals surface area contributed by atoms with E-state index < -0.39 is 0 Å². The molecule has 3 rings (SSSR count). The van der Waals surface area contributed by atoms with Gasteiger partial charge in [-0.3, -0.25) is 0 Å². The molecule has 0 atom stereocenters. The molecule has 0 amide bonds. The Labute approximate surface area is 124 Å². The van der Waals surface area contributed by atoms with Crippen molar-refractivity contribution in [3.05, 3.63) is 59.5 Å². The molecule has 1 aliphatic carbocycles. The van der Waals surface area contributed by atoms with Crippen LogP contribution in [0.4, 0.5) is 4.39 Å². The highest BCUT2D eigenvalue weighted by atomic mass is 19.1. The molecule has 1 aliphatic rings. The molecule has 0 bridgehead atoms. The summed E-state index contributed by atoms with van der Waals surface area (Å²) in [7, 11) is 1.63. The van der Waals surface area contributed by atoms with E-state index in [-0.39, 0.29) is 5.82 Å². The number of methoxy groups -OCH3 is 1. The molecule has 3 nitrogen and oxygen atoms in total. The molecule has 21 heavy (non-hydrogen) atoms. The normalized spacial score (nSPS) is 20.9. The van der Waals surface area contributed by atoms with E-state index in [1.807, 2.05) is 24.3 Å². The van der Waals surface area contributed by atoms with Crippen molar-refractivity contribution in [2.24, 2.45) is 0 Å². The maximum atomic E-state index is 13.7. The summed E-state index contributed by atoms with van der Waals surface area (Å²) in [6.07, 6.45) is 3.67. The lowest BCUT2D eigenvalue weighted by atomic mass is 9.75. The average molecular weight is 286 g/mol. The number of ether oxygens (including phenoxy) is 1. The van der Waals surface area contributed by atoms with Gasteiger partial charge >= 0.3 is 0 Å². The standard InChI is InChI=1S/C17H19FN2O/c1-21-17-12(5-4-8-19-17)11-20-14-9-13(10-14)15-6-2-3-7-16(15)18/h2-8,13-14,20H,9-11H2,1H3. The van der Waals surface area contributed by atoms with Crippen molar-refractivity contribution in [2.75, 3.05) is 7.11 Å². The van der Waals surface area contributed by atoms with Gasteiger partial charge in [-0.25, -0.2) is 9.37 Å². The van der Waals surface area contributed by atoms with Crippen LogP contribution >= 0.6 is 0 Å². The highest BCUT2D eigenvalue weighted by Gasteiger charge is 2.31. The second-order valence-electron chi connectivity index (χ2n) is 5.44. The lowest BCUT2D eigenvalue weighted by Crippen LogP contribution is -2.40. The molecule has 1 aromatic heterocycles. The van der Waals surface area contributed by atoms with Gasteiger partial charge in [0.05, 0.1) is 7.11 Å². The van der Waals surface area contributed by atoms with Crippen LogP contribution in [0.25, 0.3) is 0 Å². The first-order valence-electron chi connectivity index (χ1n) is 7.23. The van der Waals surface area contributed by atoms with Gasteiger partial charge in [0.15, 0.2) is 0 Å². The lowest BCUT2D eigenvalue weighted by Gasteiger charge is -2.36. The van der Waals surface area contributed by atoms with E-state index in [2.05, 4.69) is 10.3 Å². The van der Waals surface area contributed by atoms with Crippen molar-refractivity contribution in [2.45, 2.75) is 31.3 Å². The molecule has 1 saturated carbocycles. The van der Waals surface area contributed by atoms with Gasteiger partial charge in [0.2, 0.25) is 5.88 Å². The summed E-state index contributed by atoms with van der Waals surface area (Å²) in [6, 6.07) is 11.4. The number of rotatable bonds is 5. The Hall–Kier alpha value is -1.94. The van der Waals surface area contributed by atoms with Crippen LogP contribution in [0.3, 0.4) is 0 Å². The lowest BCUT2D eigenvalue weighted by molar-refractivity contribution is 0.282. The summed E-state index contributed by atoms with van der Waals surface area (Å²) < 4.78 is 18.9. The second-order valence-corrected chi connectivity index (χ2v) is 5.44. The van der Waals surface area contributed by atoms with Gasteiger partial charge in [-0.15, -0.1) is 0 Å². The Morgan fingerprint density at radius 3 is 2.81 bits per heavy atom. The van der Waals surface area contributed by atoms with Crippen LogP contribution in [0.1, 0.15) is 29.9 Å². The molecule has 0 unspecified atom stereocenters. The van der Waals surface area contributed by atoms with Gasteiger partial charge in [-0.05, 0) is 36.5 Å². The Balaban J connectivity index is 1.53. The fourth-order valence-electron chi connectivity index (χ4n) is 2.84. The van der Waals surface area contributed by atoms with Crippen molar-refractivity contribution >= 4 is 0 Å². The van der Waals surface area contributed by atoms with Gasteiger partial charge in [-0.1, -0.05) is 24.3 Å². The quantitative estimate of drug-likeness (QED) is 0.916. The first-order valence-corrected chi connectivity index (χ1v) is 7.23. The predicted octanol–water partition coefficient (Wildman–Crippen LogP) is 3.27. The molecule has 1 fully saturated rings. The topological polar surface area (TPSA) is 34.1 Å². The maximum Gasteiger partial charge on any atom is 0.217 e. The smallest absolute Gasteiger partial charge is 0.217 e. The minimum Gasteiger partial charge on any atom is -0.481 e. The number of nitrogens with one attached hydrogen (secondary N) is 1. The first kappa shape index (κ1) is 14.0. The molecule has 4 heteroatoms. The zero-order valence-electron chi connectivity index (χ0n) is 12.1. The fraction of sp³-hybridized carbons (Fsp3) is 0.353. The predicted molar refractivity (Wildman–Crippen MR) is 79.8 cm³/mol. The minimum atomic E-state index is -0.0881. The Morgan fingerprint density at radius 2 is 2.05 bits per heavy atom. The van der Waals surface area contributed by atoms with E-state index >= 15 is 0 Å². The van der Waals surface area contributed by atoms with Crippen LogP contribution in [0.5, 0.6) is 5.88 Å². The van der Waals surface area contributed by atoms with E-state index in [0.29, 0.717) is 17.8 Å². The van der Waals surface area contributed by atoms with E-state index in [1.54, 1.807) is 19.4 Å². The Morgan fingerprint density at radius 1 is 1.24 bits per heavy atom. The summed E-state index contributed by atoms with van der Waals surface area (Å²) in [5, 5.41) is 3.49. The zero-order valence-corrected chi connectivity index (χ0v) is 12.1. The zero-order chi connectivity index (χ0) is 14.7. The molecule has 0 aliphatic heterocycles. The molecule has 0 radical (unpaired) electrons. The third-order valence-electron chi connectivity index (χ3n) is 4.11. The first-order chi connectivity index (χ1) is 10.3. The summed E-state index contributed by atoms with van der Waals surface area (Å²) >= 11 is 0. The van der Waals surface area contributed by atoms with E-state index in [1.165, 1.54) is 6.07 Å². The van der Waals surface area contributed by atoms with Crippen molar-refractivity contribution in [3.8, 4) is 5.88 Å². The third-order valence-corrected chi connectivity index (χ3v) is 4.11. The minimum absolute atomic E-state index is 0.0881. The molecule has 0 spiro atoms. The molecular formula is C17H19FN2O. The number of halogens is 1. The monoisotopic (exact) mass is 286 g/mol. The Bertz CT molecular complexity index is 611. The second kappa shape index (κ2) is 6.22. The number of hydrogen-bond acceptors (Lipinski definition) is 3. The van der Waals surface area contributed by atoms with Gasteiger partial charge < -0.3 is 10.1 Å². The van der Waals surface area contributed by atoms with Gasteiger partial charge in [0, 0.05) is 24.3 Å². The molecule has 1 N–H and O–H groups in total. The molecule has 1 aromatic carbocycles. The maximum absolute atomic E-state index is 13.7. The number of hydrogen-bond donors (Lipinski definition) is 1. The number of nitrogens with zero attached hydrogens (tertiary/aromatic N) is 1. The largest absolute Gasteiger partial charge is 0.481 e. The van der Waals surface area contributed by atoms with Gasteiger partial charge in [0.25, 0.3) is 0 Å².